The molecule has 0 radical (unpaired) electrons. The van der Waals surface area contributed by atoms with E-state index >= 15 is 0 Å². The minimum absolute atomic E-state index is 0.00142. The van der Waals surface area contributed by atoms with Crippen molar-refractivity contribution in [2.24, 2.45) is 0 Å². The van der Waals surface area contributed by atoms with Crippen molar-refractivity contribution in [1.82, 2.24) is 4.90 Å². The molecule has 0 spiro atoms. The van der Waals surface area contributed by atoms with Crippen LogP contribution in [0.3, 0.4) is 0 Å². The van der Waals surface area contributed by atoms with E-state index in [0.29, 0.717) is 5.75 Å². The molecular weight excluding hydrogens is 387 g/mol. The van der Waals surface area contributed by atoms with Gasteiger partial charge in [-0.15, -0.1) is 0 Å². The van der Waals surface area contributed by atoms with E-state index in [1.807, 2.05) is 19.0 Å². The Bertz CT molecular complexity index is 539. The van der Waals surface area contributed by atoms with E-state index in [9.17, 15) is 13.3 Å². The zero-order valence-corrected chi connectivity index (χ0v) is 14.9. The molecule has 21 heavy (non-hydrogen) atoms. The summed E-state index contributed by atoms with van der Waals surface area (Å²) in [6.45, 7) is 0.917. The Labute approximate surface area is 135 Å². The second kappa shape index (κ2) is 7.53. The van der Waals surface area contributed by atoms with Gasteiger partial charge < -0.3 is 14.7 Å². The Kier molecular flexibility index (Phi) is 6.83. The summed E-state index contributed by atoms with van der Waals surface area (Å²) in [5.74, 6) is 1.55. The minimum Gasteiger partial charge on any atom is -0.320 e. The molecule has 0 amide bonds. The van der Waals surface area contributed by atoms with E-state index in [-0.39, 0.29) is 4.47 Å². The van der Waals surface area contributed by atoms with Gasteiger partial charge in [-0.2, -0.15) is 20.5 Å². The first-order valence-corrected chi connectivity index (χ1v) is 9.56. The molecule has 0 atom stereocenters. The van der Waals surface area contributed by atoms with Gasteiger partial charge in [0.1, 0.15) is 0 Å². The molecule has 1 aromatic carbocycles. The predicted octanol–water partition coefficient (Wildman–Crippen LogP) is 3.47. The first-order chi connectivity index (χ1) is 9.55. The zero-order valence-electron chi connectivity index (χ0n) is 11.6. The molecule has 0 heterocycles. The average molecular weight is 404 g/mol. The summed E-state index contributed by atoms with van der Waals surface area (Å²) >= 11 is 4.63. The fraction of sp³-hybridized carbons (Fsp3) is 0.500. The number of thioether (sulfide) groups is 1. The number of rotatable bonds is 7. The number of hydrogen-bond acceptors (Lipinski definition) is 3. The molecular formula is C12H17BrF2NO3PS. The van der Waals surface area contributed by atoms with E-state index in [1.165, 1.54) is 12.1 Å². The molecule has 0 saturated heterocycles. The molecule has 0 bridgehead atoms. The summed E-state index contributed by atoms with van der Waals surface area (Å²) in [6, 6.07) is 4.00. The Morgan fingerprint density at radius 2 is 2.00 bits per heavy atom. The third-order valence-corrected chi connectivity index (χ3v) is 5.31. The molecule has 0 unspecified atom stereocenters. The van der Waals surface area contributed by atoms with E-state index in [4.69, 9.17) is 9.79 Å². The smallest absolute Gasteiger partial charge is 0.320 e. The summed E-state index contributed by atoms with van der Waals surface area (Å²) in [5.41, 5.74) is -4.07. The molecule has 0 saturated carbocycles. The van der Waals surface area contributed by atoms with Crippen LogP contribution in [0.2, 0.25) is 0 Å². The van der Waals surface area contributed by atoms with Gasteiger partial charge in [0.2, 0.25) is 0 Å². The lowest BCUT2D eigenvalue weighted by Gasteiger charge is -2.19. The number of halogens is 3. The monoisotopic (exact) mass is 403 g/mol. The molecule has 0 aromatic heterocycles. The number of benzene rings is 1. The molecule has 1 aromatic rings. The second-order valence-electron chi connectivity index (χ2n) is 4.76. The van der Waals surface area contributed by atoms with Gasteiger partial charge in [-0.25, -0.2) is 0 Å². The van der Waals surface area contributed by atoms with Crippen molar-refractivity contribution in [1.29, 1.82) is 0 Å². The quantitative estimate of drug-likeness (QED) is 0.539. The molecule has 1 rings (SSSR count). The van der Waals surface area contributed by atoms with Crippen molar-refractivity contribution in [3.05, 3.63) is 33.8 Å². The standard InChI is InChI=1S/C12H17BrF2NO3PS/c1-16(2)5-6-21-8-9-3-4-10(11(13)7-9)12(14,15)20(17,18)19/h3-4,7H,5-6,8H2,1-2H3,(H2,17,18,19). The highest BCUT2D eigenvalue weighted by Crippen LogP contribution is 2.60. The highest BCUT2D eigenvalue weighted by Gasteiger charge is 2.51. The molecule has 0 aliphatic heterocycles. The molecule has 0 aliphatic rings. The third-order valence-electron chi connectivity index (χ3n) is 2.67. The first-order valence-electron chi connectivity index (χ1n) is 6.00. The minimum atomic E-state index is -5.54. The maximum absolute atomic E-state index is 13.6. The topological polar surface area (TPSA) is 60.8 Å². The Morgan fingerprint density at radius 1 is 1.38 bits per heavy atom. The van der Waals surface area contributed by atoms with E-state index in [2.05, 4.69) is 15.9 Å². The highest BCUT2D eigenvalue weighted by molar-refractivity contribution is 9.10. The van der Waals surface area contributed by atoms with Crippen molar-refractivity contribution in [3.8, 4) is 0 Å². The van der Waals surface area contributed by atoms with Crippen molar-refractivity contribution in [2.45, 2.75) is 11.4 Å². The molecule has 0 aliphatic carbocycles. The maximum Gasteiger partial charge on any atom is 0.399 e. The van der Waals surface area contributed by atoms with E-state index in [0.717, 1.165) is 23.9 Å². The van der Waals surface area contributed by atoms with Crippen molar-refractivity contribution in [3.63, 3.8) is 0 Å². The summed E-state index contributed by atoms with van der Waals surface area (Å²) < 4.78 is 38.2. The molecule has 0 fully saturated rings. The summed E-state index contributed by atoms with van der Waals surface area (Å²) in [7, 11) is -1.61. The zero-order chi connectivity index (χ0) is 16.3. The average Bonchev–Trinajstić information content (AvgIpc) is 2.32. The van der Waals surface area contributed by atoms with Gasteiger partial charge in [0.25, 0.3) is 0 Å². The van der Waals surface area contributed by atoms with Gasteiger partial charge in [0.05, 0.1) is 0 Å². The maximum atomic E-state index is 13.6. The summed E-state index contributed by atoms with van der Waals surface area (Å²) in [5, 5.41) is 0. The van der Waals surface area contributed by atoms with Crippen LogP contribution in [0.4, 0.5) is 8.78 Å². The van der Waals surface area contributed by atoms with Gasteiger partial charge >= 0.3 is 13.3 Å². The third kappa shape index (κ3) is 5.30. The van der Waals surface area contributed by atoms with Crippen LogP contribution in [0.15, 0.2) is 22.7 Å². The Morgan fingerprint density at radius 3 is 2.48 bits per heavy atom. The lowest BCUT2D eigenvalue weighted by atomic mass is 10.1. The van der Waals surface area contributed by atoms with Crippen LogP contribution < -0.4 is 0 Å². The molecule has 2 N–H and O–H groups in total. The van der Waals surface area contributed by atoms with Crippen LogP contribution in [0.1, 0.15) is 11.1 Å². The van der Waals surface area contributed by atoms with Gasteiger partial charge in [-0.3, -0.25) is 4.57 Å². The van der Waals surface area contributed by atoms with Crippen LogP contribution in [-0.4, -0.2) is 41.1 Å². The van der Waals surface area contributed by atoms with E-state index in [1.54, 1.807) is 11.8 Å². The SMILES string of the molecule is CN(C)CCSCc1ccc(C(F)(F)P(=O)(O)O)c(Br)c1. The van der Waals surface area contributed by atoms with Gasteiger partial charge in [-0.1, -0.05) is 28.1 Å². The van der Waals surface area contributed by atoms with Crippen molar-refractivity contribution < 1.29 is 23.1 Å². The lowest BCUT2D eigenvalue weighted by molar-refractivity contribution is 0.0557. The number of alkyl halides is 2. The van der Waals surface area contributed by atoms with Crippen LogP contribution >= 0.6 is 35.3 Å². The number of nitrogens with zero attached hydrogens (tertiary/aromatic N) is 1. The molecule has 9 heteroatoms. The Balaban J connectivity index is 2.80. The fourth-order valence-corrected chi connectivity index (χ4v) is 3.88. The fourth-order valence-electron chi connectivity index (χ4n) is 1.49. The second-order valence-corrected chi connectivity index (χ2v) is 8.36. The van der Waals surface area contributed by atoms with Gasteiger partial charge in [0, 0.05) is 28.1 Å². The Hall–Kier alpha value is 0.0200. The summed E-state index contributed by atoms with van der Waals surface area (Å²) in [4.78, 5) is 19.5. The van der Waals surface area contributed by atoms with Crippen LogP contribution in [0.5, 0.6) is 0 Å². The summed E-state index contributed by atoms with van der Waals surface area (Å²) in [6.07, 6.45) is 0. The molecule has 4 nitrogen and oxygen atoms in total. The van der Waals surface area contributed by atoms with Gasteiger partial charge in [-0.05, 0) is 25.7 Å². The van der Waals surface area contributed by atoms with E-state index < -0.39 is 18.8 Å². The van der Waals surface area contributed by atoms with Crippen molar-refractivity contribution >= 4 is 35.3 Å². The van der Waals surface area contributed by atoms with Crippen LogP contribution in [0.25, 0.3) is 0 Å². The van der Waals surface area contributed by atoms with Crippen LogP contribution in [0, 0.1) is 0 Å². The predicted molar refractivity (Wildman–Crippen MR) is 84.8 cm³/mol. The van der Waals surface area contributed by atoms with Crippen molar-refractivity contribution in [2.75, 3.05) is 26.4 Å². The normalized spacial score (nSPS) is 13.0. The number of hydrogen-bond donors (Lipinski definition) is 2. The van der Waals surface area contributed by atoms with Crippen LogP contribution in [-0.2, 0) is 16.0 Å². The highest BCUT2D eigenvalue weighted by atomic mass is 79.9. The lowest BCUT2D eigenvalue weighted by Crippen LogP contribution is -2.15. The molecule has 120 valence electrons. The first kappa shape index (κ1) is 19.1. The largest absolute Gasteiger partial charge is 0.399 e. The van der Waals surface area contributed by atoms with Gasteiger partial charge in [0.15, 0.2) is 0 Å².